The Morgan fingerprint density at radius 3 is 2.93 bits per heavy atom. The quantitative estimate of drug-likeness (QED) is 0.596. The monoisotopic (exact) mass is 393 g/mol. The van der Waals surface area contributed by atoms with Gasteiger partial charge in [-0.1, -0.05) is 6.07 Å². The molecule has 0 saturated carbocycles. The Balaban J connectivity index is 1.81. The molecular formula is C22H27N5O2. The standard InChI is InChI=1S/C22H27N5O2/c1-14-5-3-7-18(25-14)21-22(27-15(2)6-4-8-20(27)26-21)16-9-10-23-19(11-16)24-12-17(29)13-28/h3,5,7,9-11,15,17,28-29H,4,6,8,12-13H2,1-2H3,(H,23,24)/t15-,17?/m1/s1. The minimum absolute atomic E-state index is 0.236. The molecule has 3 N–H and O–H groups in total. The molecule has 7 nitrogen and oxygen atoms in total. The van der Waals surface area contributed by atoms with Crippen molar-refractivity contribution in [3.63, 3.8) is 0 Å². The molecule has 3 aromatic rings. The number of hydrogen-bond acceptors (Lipinski definition) is 6. The van der Waals surface area contributed by atoms with Crippen LogP contribution in [-0.2, 0) is 6.42 Å². The maximum absolute atomic E-state index is 9.62. The Morgan fingerprint density at radius 1 is 1.28 bits per heavy atom. The molecule has 2 atom stereocenters. The van der Waals surface area contributed by atoms with Crippen LogP contribution >= 0.6 is 0 Å². The number of nitrogens with zero attached hydrogens (tertiary/aromatic N) is 4. The predicted octanol–water partition coefficient (Wildman–Crippen LogP) is 2.98. The fraction of sp³-hybridized carbons (Fsp3) is 0.409. The molecule has 0 aliphatic carbocycles. The molecule has 0 saturated heterocycles. The molecule has 0 amide bonds. The first-order valence-electron chi connectivity index (χ1n) is 10.1. The van der Waals surface area contributed by atoms with Crippen molar-refractivity contribution in [3.8, 4) is 22.6 Å². The van der Waals surface area contributed by atoms with Gasteiger partial charge >= 0.3 is 0 Å². The molecule has 4 heterocycles. The smallest absolute Gasteiger partial charge is 0.126 e. The first-order chi connectivity index (χ1) is 14.1. The number of anilines is 1. The predicted molar refractivity (Wildman–Crippen MR) is 113 cm³/mol. The van der Waals surface area contributed by atoms with Crippen molar-refractivity contribution >= 4 is 5.82 Å². The van der Waals surface area contributed by atoms with Gasteiger partial charge in [0.25, 0.3) is 0 Å². The van der Waals surface area contributed by atoms with Crippen molar-refractivity contribution in [3.05, 3.63) is 48.0 Å². The Hall–Kier alpha value is -2.77. The SMILES string of the molecule is Cc1cccc(-c2nc3n(c2-c2ccnc(NCC(O)CO)c2)[C@H](C)CCC3)n1. The van der Waals surface area contributed by atoms with Gasteiger partial charge in [0.15, 0.2) is 0 Å². The van der Waals surface area contributed by atoms with Crippen molar-refractivity contribution in [2.75, 3.05) is 18.5 Å². The fourth-order valence-corrected chi connectivity index (χ4v) is 3.91. The lowest BCUT2D eigenvalue weighted by molar-refractivity contribution is 0.105. The summed E-state index contributed by atoms with van der Waals surface area (Å²) in [6.07, 6.45) is 4.15. The van der Waals surface area contributed by atoms with E-state index < -0.39 is 6.10 Å². The van der Waals surface area contributed by atoms with Crippen LogP contribution in [0.2, 0.25) is 0 Å². The molecule has 0 aromatic carbocycles. The first-order valence-corrected chi connectivity index (χ1v) is 10.1. The third-order valence-electron chi connectivity index (χ3n) is 5.34. The van der Waals surface area contributed by atoms with Gasteiger partial charge in [-0.3, -0.25) is 4.98 Å². The summed E-state index contributed by atoms with van der Waals surface area (Å²) in [4.78, 5) is 14.1. The minimum atomic E-state index is -0.824. The highest BCUT2D eigenvalue weighted by molar-refractivity contribution is 5.78. The number of hydrogen-bond donors (Lipinski definition) is 3. The summed E-state index contributed by atoms with van der Waals surface area (Å²) >= 11 is 0. The van der Waals surface area contributed by atoms with Crippen molar-refractivity contribution < 1.29 is 10.2 Å². The van der Waals surface area contributed by atoms with Crippen LogP contribution in [0, 0.1) is 6.92 Å². The minimum Gasteiger partial charge on any atom is -0.394 e. The van der Waals surface area contributed by atoms with Gasteiger partial charge in [0, 0.05) is 36.5 Å². The molecule has 7 heteroatoms. The first kappa shape index (κ1) is 19.5. The molecule has 0 bridgehead atoms. The number of aryl methyl sites for hydroxylation is 2. The summed E-state index contributed by atoms with van der Waals surface area (Å²) in [5, 5.41) is 21.7. The Morgan fingerprint density at radius 2 is 2.14 bits per heavy atom. The largest absolute Gasteiger partial charge is 0.394 e. The van der Waals surface area contributed by atoms with Crippen LogP contribution in [-0.4, -0.2) is 49.0 Å². The molecule has 3 aromatic heterocycles. The van der Waals surface area contributed by atoms with E-state index in [4.69, 9.17) is 15.1 Å². The van der Waals surface area contributed by atoms with Crippen LogP contribution < -0.4 is 5.32 Å². The molecule has 152 valence electrons. The molecular weight excluding hydrogens is 366 g/mol. The summed E-state index contributed by atoms with van der Waals surface area (Å²) in [5.41, 5.74) is 4.79. The van der Waals surface area contributed by atoms with Crippen molar-refractivity contribution in [1.29, 1.82) is 0 Å². The zero-order valence-electron chi connectivity index (χ0n) is 16.8. The number of pyridine rings is 2. The molecule has 0 fully saturated rings. The lowest BCUT2D eigenvalue weighted by atomic mass is 10.0. The van der Waals surface area contributed by atoms with Crippen LogP contribution in [0.25, 0.3) is 22.6 Å². The second-order valence-corrected chi connectivity index (χ2v) is 7.65. The van der Waals surface area contributed by atoms with Gasteiger partial charge < -0.3 is 20.1 Å². The van der Waals surface area contributed by atoms with E-state index in [1.165, 1.54) is 0 Å². The van der Waals surface area contributed by atoms with Gasteiger partial charge in [0.05, 0.1) is 24.1 Å². The highest BCUT2D eigenvalue weighted by Crippen LogP contribution is 2.38. The van der Waals surface area contributed by atoms with Crippen LogP contribution in [0.4, 0.5) is 5.82 Å². The molecule has 1 aliphatic rings. The molecule has 4 rings (SSSR count). The maximum Gasteiger partial charge on any atom is 0.126 e. The van der Waals surface area contributed by atoms with E-state index >= 15 is 0 Å². The van der Waals surface area contributed by atoms with Crippen LogP contribution in [0.3, 0.4) is 0 Å². The topological polar surface area (TPSA) is 96.1 Å². The Bertz CT molecular complexity index is 1000. The Kier molecular flexibility index (Phi) is 5.60. The summed E-state index contributed by atoms with van der Waals surface area (Å²) in [5.74, 6) is 1.75. The zero-order chi connectivity index (χ0) is 20.4. The van der Waals surface area contributed by atoms with Gasteiger partial charge in [0.2, 0.25) is 0 Å². The average molecular weight is 393 g/mol. The van der Waals surface area contributed by atoms with E-state index in [0.29, 0.717) is 11.9 Å². The number of nitrogens with one attached hydrogen (secondary N) is 1. The van der Waals surface area contributed by atoms with E-state index in [-0.39, 0.29) is 13.2 Å². The highest BCUT2D eigenvalue weighted by atomic mass is 16.3. The maximum atomic E-state index is 9.62. The lowest BCUT2D eigenvalue weighted by Crippen LogP contribution is -2.23. The number of fused-ring (bicyclic) bond motifs is 1. The highest BCUT2D eigenvalue weighted by Gasteiger charge is 2.26. The zero-order valence-corrected chi connectivity index (χ0v) is 16.8. The second-order valence-electron chi connectivity index (χ2n) is 7.65. The normalized spacial score (nSPS) is 17.0. The second kappa shape index (κ2) is 8.31. The van der Waals surface area contributed by atoms with Gasteiger partial charge in [-0.2, -0.15) is 0 Å². The number of aliphatic hydroxyl groups is 2. The van der Waals surface area contributed by atoms with Crippen LogP contribution in [0.15, 0.2) is 36.5 Å². The fourth-order valence-electron chi connectivity index (χ4n) is 3.91. The molecule has 29 heavy (non-hydrogen) atoms. The van der Waals surface area contributed by atoms with E-state index in [1.54, 1.807) is 6.20 Å². The third kappa shape index (κ3) is 4.02. The molecule has 1 aliphatic heterocycles. The van der Waals surface area contributed by atoms with Crippen molar-refractivity contribution in [1.82, 2.24) is 19.5 Å². The van der Waals surface area contributed by atoms with Crippen molar-refractivity contribution in [2.24, 2.45) is 0 Å². The Labute approximate surface area is 170 Å². The third-order valence-corrected chi connectivity index (χ3v) is 5.34. The number of aliphatic hydroxyl groups excluding tert-OH is 2. The van der Waals surface area contributed by atoms with Crippen LogP contribution in [0.5, 0.6) is 0 Å². The molecule has 0 radical (unpaired) electrons. The lowest BCUT2D eigenvalue weighted by Gasteiger charge is -2.24. The number of imidazole rings is 1. The van der Waals surface area contributed by atoms with E-state index in [9.17, 15) is 5.11 Å². The van der Waals surface area contributed by atoms with Gasteiger partial charge in [-0.25, -0.2) is 9.97 Å². The summed E-state index contributed by atoms with van der Waals surface area (Å²) in [6.45, 7) is 4.17. The molecule has 1 unspecified atom stereocenters. The molecule has 0 spiro atoms. The summed E-state index contributed by atoms with van der Waals surface area (Å²) in [7, 11) is 0. The van der Waals surface area contributed by atoms with E-state index in [2.05, 4.69) is 21.8 Å². The van der Waals surface area contributed by atoms with Crippen LogP contribution in [0.1, 0.15) is 37.3 Å². The van der Waals surface area contributed by atoms with Gasteiger partial charge in [-0.05, 0) is 51.0 Å². The number of aromatic nitrogens is 4. The van der Waals surface area contributed by atoms with E-state index in [0.717, 1.165) is 53.4 Å². The summed E-state index contributed by atoms with van der Waals surface area (Å²) < 4.78 is 2.34. The van der Waals surface area contributed by atoms with Gasteiger partial charge in [-0.15, -0.1) is 0 Å². The average Bonchev–Trinajstić information content (AvgIpc) is 3.13. The van der Waals surface area contributed by atoms with Crippen molar-refractivity contribution in [2.45, 2.75) is 45.3 Å². The van der Waals surface area contributed by atoms with Gasteiger partial charge in [0.1, 0.15) is 17.3 Å². The number of rotatable bonds is 6. The van der Waals surface area contributed by atoms with E-state index in [1.807, 2.05) is 37.3 Å². The summed E-state index contributed by atoms with van der Waals surface area (Å²) in [6, 6.07) is 10.3.